The zero-order chi connectivity index (χ0) is 24.7. The summed E-state index contributed by atoms with van der Waals surface area (Å²) in [7, 11) is -3.35. The van der Waals surface area contributed by atoms with Crippen LogP contribution in [0.5, 0.6) is 5.75 Å². The number of phenols is 1. The van der Waals surface area contributed by atoms with Gasteiger partial charge in [0.25, 0.3) is 0 Å². The molecular formula is C23H27Cl2N5O3S. The summed E-state index contributed by atoms with van der Waals surface area (Å²) < 4.78 is 25.7. The number of aromatic hydroxyl groups is 1. The van der Waals surface area contributed by atoms with Crippen LogP contribution in [-0.4, -0.2) is 53.7 Å². The Morgan fingerprint density at radius 1 is 1.12 bits per heavy atom. The molecule has 0 unspecified atom stereocenters. The van der Waals surface area contributed by atoms with Gasteiger partial charge in [-0.2, -0.15) is 4.31 Å². The maximum Gasteiger partial charge on any atom is 0.223 e. The number of sulfonamides is 1. The quantitative estimate of drug-likeness (QED) is 0.348. The minimum atomic E-state index is -3.35. The molecule has 0 saturated heterocycles. The summed E-state index contributed by atoms with van der Waals surface area (Å²) >= 11 is 12.0. The van der Waals surface area contributed by atoms with Crippen LogP contribution in [0.1, 0.15) is 17.5 Å². The van der Waals surface area contributed by atoms with Crippen molar-refractivity contribution in [2.45, 2.75) is 19.4 Å². The Hall–Kier alpha value is -2.43. The number of rotatable bonds is 11. The second-order valence-corrected chi connectivity index (χ2v) is 10.6. The number of aromatic nitrogens is 2. The van der Waals surface area contributed by atoms with E-state index < -0.39 is 10.0 Å². The van der Waals surface area contributed by atoms with Crippen molar-refractivity contribution in [2.24, 2.45) is 5.73 Å². The van der Waals surface area contributed by atoms with Gasteiger partial charge in [-0.1, -0.05) is 41.4 Å². The van der Waals surface area contributed by atoms with E-state index in [1.54, 1.807) is 24.4 Å². The predicted octanol–water partition coefficient (Wildman–Crippen LogP) is 3.92. The third-order valence-electron chi connectivity index (χ3n) is 5.09. The number of halogens is 2. The van der Waals surface area contributed by atoms with Crippen LogP contribution in [0.4, 0.5) is 5.95 Å². The first-order valence-electron chi connectivity index (χ1n) is 10.7. The summed E-state index contributed by atoms with van der Waals surface area (Å²) in [5.41, 5.74) is 8.84. The number of hydrogen-bond acceptors (Lipinski definition) is 7. The normalized spacial score (nSPS) is 11.7. The van der Waals surface area contributed by atoms with Crippen LogP contribution in [-0.2, 0) is 23.0 Å². The van der Waals surface area contributed by atoms with Gasteiger partial charge >= 0.3 is 0 Å². The Labute approximate surface area is 209 Å². The number of nitrogens with zero attached hydrogens (tertiary/aromatic N) is 3. The Morgan fingerprint density at radius 2 is 1.85 bits per heavy atom. The van der Waals surface area contributed by atoms with E-state index in [1.807, 2.05) is 24.3 Å². The number of phenolic OH excluding ortho intramolecular Hbond substituents is 1. The molecule has 1 aromatic heterocycles. The van der Waals surface area contributed by atoms with Crippen LogP contribution in [0.3, 0.4) is 0 Å². The fourth-order valence-electron chi connectivity index (χ4n) is 3.35. The van der Waals surface area contributed by atoms with Crippen molar-refractivity contribution in [1.82, 2.24) is 14.3 Å². The second-order valence-electron chi connectivity index (χ2n) is 7.79. The molecule has 0 aliphatic heterocycles. The van der Waals surface area contributed by atoms with E-state index in [9.17, 15) is 13.5 Å². The standard InChI is InChI=1S/C23H27Cl2N5O3S/c1-34(32,33)30(11-3-8-26)15-17-4-2-5-18(12-17)21-7-10-28-23(29-21)27-9-6-16-13-19(24)22(31)20(25)14-16/h2,4-5,7,10,12-14,31H,3,6,8-9,11,15,26H2,1H3,(H,27,28,29). The van der Waals surface area contributed by atoms with Gasteiger partial charge in [-0.25, -0.2) is 18.4 Å². The SMILES string of the molecule is CS(=O)(=O)N(CCCN)Cc1cccc(-c2ccnc(NCCc3cc(Cl)c(O)c(Cl)c3)n2)c1. The molecule has 0 atom stereocenters. The summed E-state index contributed by atoms with van der Waals surface area (Å²) in [6.45, 7) is 1.60. The van der Waals surface area contributed by atoms with Crippen molar-refractivity contribution >= 4 is 39.2 Å². The molecule has 8 nitrogen and oxygen atoms in total. The van der Waals surface area contributed by atoms with E-state index in [0.29, 0.717) is 44.1 Å². The summed E-state index contributed by atoms with van der Waals surface area (Å²) in [5.74, 6) is 0.330. The van der Waals surface area contributed by atoms with Crippen molar-refractivity contribution in [1.29, 1.82) is 0 Å². The van der Waals surface area contributed by atoms with Gasteiger partial charge in [-0.15, -0.1) is 0 Å². The smallest absolute Gasteiger partial charge is 0.223 e. The van der Waals surface area contributed by atoms with Crippen molar-refractivity contribution < 1.29 is 13.5 Å². The third-order valence-corrected chi connectivity index (χ3v) is 6.92. The summed E-state index contributed by atoms with van der Waals surface area (Å²) in [6, 6.07) is 12.7. The number of benzene rings is 2. The van der Waals surface area contributed by atoms with E-state index in [-0.39, 0.29) is 22.3 Å². The Balaban J connectivity index is 1.69. The fourth-order valence-corrected chi connectivity index (χ4v) is 4.72. The van der Waals surface area contributed by atoms with E-state index in [2.05, 4.69) is 15.3 Å². The van der Waals surface area contributed by atoms with Gasteiger partial charge in [-0.3, -0.25) is 0 Å². The van der Waals surface area contributed by atoms with Gasteiger partial charge in [-0.05, 0) is 54.8 Å². The maximum absolute atomic E-state index is 12.1. The predicted molar refractivity (Wildman–Crippen MR) is 137 cm³/mol. The molecule has 2 aromatic carbocycles. The highest BCUT2D eigenvalue weighted by molar-refractivity contribution is 7.88. The first-order valence-corrected chi connectivity index (χ1v) is 13.3. The Morgan fingerprint density at radius 3 is 2.53 bits per heavy atom. The second kappa shape index (κ2) is 11.8. The molecule has 4 N–H and O–H groups in total. The van der Waals surface area contributed by atoms with Crippen LogP contribution in [0, 0.1) is 0 Å². The van der Waals surface area contributed by atoms with E-state index in [1.165, 1.54) is 10.6 Å². The maximum atomic E-state index is 12.1. The zero-order valence-electron chi connectivity index (χ0n) is 18.7. The largest absolute Gasteiger partial charge is 0.505 e. The molecule has 3 rings (SSSR count). The molecule has 0 amide bonds. The van der Waals surface area contributed by atoms with E-state index in [4.69, 9.17) is 28.9 Å². The van der Waals surface area contributed by atoms with E-state index >= 15 is 0 Å². The van der Waals surface area contributed by atoms with Crippen LogP contribution < -0.4 is 11.1 Å². The van der Waals surface area contributed by atoms with Crippen LogP contribution in [0.25, 0.3) is 11.3 Å². The van der Waals surface area contributed by atoms with Gasteiger partial charge in [0.05, 0.1) is 22.0 Å². The highest BCUT2D eigenvalue weighted by atomic mass is 35.5. The van der Waals surface area contributed by atoms with Crippen molar-refractivity contribution in [3.05, 3.63) is 69.8 Å². The third kappa shape index (κ3) is 7.28. The number of hydrogen-bond donors (Lipinski definition) is 3. The molecule has 182 valence electrons. The summed E-state index contributed by atoms with van der Waals surface area (Å²) in [5, 5.41) is 13.3. The number of nitrogens with two attached hydrogens (primary N) is 1. The molecule has 0 spiro atoms. The molecule has 0 aliphatic rings. The molecule has 0 saturated carbocycles. The minimum Gasteiger partial charge on any atom is -0.505 e. The van der Waals surface area contributed by atoms with Gasteiger partial charge in [0.1, 0.15) is 0 Å². The summed E-state index contributed by atoms with van der Waals surface area (Å²) in [6.07, 6.45) is 4.06. The minimum absolute atomic E-state index is 0.127. The van der Waals surface area contributed by atoms with Gasteiger partial charge < -0.3 is 16.2 Å². The van der Waals surface area contributed by atoms with Gasteiger partial charge in [0.15, 0.2) is 5.75 Å². The molecule has 1 heterocycles. The molecule has 11 heteroatoms. The van der Waals surface area contributed by atoms with Crippen LogP contribution in [0.15, 0.2) is 48.7 Å². The zero-order valence-corrected chi connectivity index (χ0v) is 21.0. The molecule has 0 fully saturated rings. The Bertz CT molecular complexity index is 1220. The van der Waals surface area contributed by atoms with Gasteiger partial charge in [0.2, 0.25) is 16.0 Å². The molecule has 0 bridgehead atoms. The van der Waals surface area contributed by atoms with Crippen molar-refractivity contribution in [3.8, 4) is 17.0 Å². The number of nitrogens with one attached hydrogen (secondary N) is 1. The molecule has 3 aromatic rings. The lowest BCUT2D eigenvalue weighted by molar-refractivity contribution is 0.405. The average molecular weight is 524 g/mol. The van der Waals surface area contributed by atoms with E-state index in [0.717, 1.165) is 16.7 Å². The van der Waals surface area contributed by atoms with Crippen molar-refractivity contribution in [3.63, 3.8) is 0 Å². The lowest BCUT2D eigenvalue weighted by Crippen LogP contribution is -2.31. The van der Waals surface area contributed by atoms with Gasteiger partial charge in [0, 0.05) is 31.4 Å². The highest BCUT2D eigenvalue weighted by Gasteiger charge is 2.17. The fraction of sp³-hybridized carbons (Fsp3) is 0.304. The monoisotopic (exact) mass is 523 g/mol. The first-order chi connectivity index (χ1) is 16.2. The molecule has 0 aliphatic carbocycles. The topological polar surface area (TPSA) is 121 Å². The lowest BCUT2D eigenvalue weighted by atomic mass is 10.1. The lowest BCUT2D eigenvalue weighted by Gasteiger charge is -2.20. The highest BCUT2D eigenvalue weighted by Crippen LogP contribution is 2.32. The summed E-state index contributed by atoms with van der Waals surface area (Å²) in [4.78, 5) is 8.85. The van der Waals surface area contributed by atoms with Crippen LogP contribution in [0.2, 0.25) is 10.0 Å². The molecule has 0 radical (unpaired) electrons. The first kappa shape index (κ1) is 26.2. The molecule has 34 heavy (non-hydrogen) atoms. The Kier molecular flexibility index (Phi) is 9.10. The van der Waals surface area contributed by atoms with Crippen LogP contribution >= 0.6 is 23.2 Å². The number of anilines is 1. The molecular weight excluding hydrogens is 497 g/mol. The van der Waals surface area contributed by atoms with Crippen molar-refractivity contribution in [2.75, 3.05) is 31.2 Å². The average Bonchev–Trinajstić information content (AvgIpc) is 2.80.